The van der Waals surface area contributed by atoms with Crippen molar-refractivity contribution < 1.29 is 24.1 Å². The summed E-state index contributed by atoms with van der Waals surface area (Å²) < 4.78 is 19.3. The molecule has 37 heavy (non-hydrogen) atoms. The monoisotopic (exact) mass is 512 g/mol. The van der Waals surface area contributed by atoms with E-state index in [1.54, 1.807) is 0 Å². The molecule has 5 rings (SSSR count). The van der Waals surface area contributed by atoms with E-state index in [9.17, 15) is 4.79 Å². The maximum Gasteiger partial charge on any atom is 0.333 e. The molecule has 0 aliphatic heterocycles. The van der Waals surface area contributed by atoms with Crippen molar-refractivity contribution in [2.45, 2.75) is 18.9 Å². The molecule has 188 valence electrons. The topological polar surface area (TPSA) is 65.0 Å². The van der Waals surface area contributed by atoms with Crippen LogP contribution >= 0.6 is 11.3 Å². The van der Waals surface area contributed by atoms with Gasteiger partial charge in [-0.05, 0) is 47.0 Å². The Hall–Kier alpha value is -3.87. The van der Waals surface area contributed by atoms with E-state index >= 15 is 0 Å². The van der Waals surface area contributed by atoms with Gasteiger partial charge in [0.05, 0.1) is 13.2 Å². The van der Waals surface area contributed by atoms with Gasteiger partial charge in [-0.15, -0.1) is 11.3 Å². The highest BCUT2D eigenvalue weighted by molar-refractivity contribution is 7.26. The first-order valence-electron chi connectivity index (χ1n) is 12.2. The molecule has 0 amide bonds. The number of carboxylic acid groups (broad SMARTS) is 1. The van der Waals surface area contributed by atoms with Gasteiger partial charge in [-0.25, -0.2) is 4.79 Å². The Balaban J connectivity index is 1.12. The lowest BCUT2D eigenvalue weighted by molar-refractivity contribution is -0.148. The Labute approximate surface area is 219 Å². The van der Waals surface area contributed by atoms with Gasteiger partial charge < -0.3 is 19.3 Å². The number of methoxy groups -OCH3 is 1. The van der Waals surface area contributed by atoms with Gasteiger partial charge in [0.1, 0.15) is 11.5 Å². The second kappa shape index (κ2) is 11.5. The van der Waals surface area contributed by atoms with Crippen molar-refractivity contribution in [3.63, 3.8) is 0 Å². The van der Waals surface area contributed by atoms with Crippen LogP contribution < -0.4 is 9.47 Å². The average Bonchev–Trinajstić information content (AvgIpc) is 3.31. The number of hydrogen-bond donors (Lipinski definition) is 1. The minimum absolute atomic E-state index is 0.317. The van der Waals surface area contributed by atoms with Crippen molar-refractivity contribution in [3.8, 4) is 22.6 Å². The summed E-state index contributed by atoms with van der Waals surface area (Å²) in [4.78, 5) is 11.1. The number of benzene rings is 4. The fraction of sp³-hybridized carbons (Fsp3) is 0.194. The van der Waals surface area contributed by atoms with Crippen molar-refractivity contribution >= 4 is 37.5 Å². The number of ether oxygens (including phenoxy) is 3. The third-order valence-corrected chi connectivity index (χ3v) is 7.52. The number of thiophene rings is 1. The van der Waals surface area contributed by atoms with E-state index in [1.807, 2.05) is 47.7 Å². The van der Waals surface area contributed by atoms with E-state index in [-0.39, 0.29) is 0 Å². The minimum atomic E-state index is -0.967. The van der Waals surface area contributed by atoms with Crippen LogP contribution in [0.5, 0.6) is 11.5 Å². The molecule has 0 bridgehead atoms. The number of aliphatic carboxylic acids is 1. The summed E-state index contributed by atoms with van der Waals surface area (Å²) in [6.07, 6.45) is 0.218. The summed E-state index contributed by atoms with van der Waals surface area (Å²) in [5.74, 6) is 0.613. The van der Waals surface area contributed by atoms with Crippen LogP contribution in [0.3, 0.4) is 0 Å². The molecule has 0 saturated heterocycles. The summed E-state index contributed by atoms with van der Waals surface area (Å²) in [7, 11) is 1.40. The molecule has 0 saturated carbocycles. The molecule has 1 aromatic heterocycles. The van der Waals surface area contributed by atoms with Crippen LogP contribution in [0.4, 0.5) is 0 Å². The lowest BCUT2D eigenvalue weighted by atomic mass is 10.0. The predicted molar refractivity (Wildman–Crippen MR) is 149 cm³/mol. The molecule has 0 aliphatic carbocycles. The standard InChI is InChI=1S/C31H28O5S/c1-34-28(31(32)33)20-21-10-14-23(15-11-21)35-18-5-19-36-24-16-12-22(13-17-24)25-7-4-8-27-26-6-2-3-9-29(26)37-30(25)27/h2-4,6-17,28H,5,18-20H2,1H3,(H,32,33)/t28-/m0/s1. The second-order valence-corrected chi connectivity index (χ2v) is 9.82. The van der Waals surface area contributed by atoms with E-state index in [4.69, 9.17) is 19.3 Å². The predicted octanol–water partition coefficient (Wildman–Crippen LogP) is 7.21. The molecular formula is C31H28O5S. The van der Waals surface area contributed by atoms with Crippen LogP contribution in [-0.4, -0.2) is 37.5 Å². The quantitative estimate of drug-likeness (QED) is 0.189. The van der Waals surface area contributed by atoms with E-state index in [0.717, 1.165) is 23.5 Å². The molecule has 6 heteroatoms. The van der Waals surface area contributed by atoms with Crippen LogP contribution in [0.2, 0.25) is 0 Å². The van der Waals surface area contributed by atoms with Crippen LogP contribution in [0.25, 0.3) is 31.3 Å². The van der Waals surface area contributed by atoms with E-state index in [0.29, 0.717) is 19.6 Å². The van der Waals surface area contributed by atoms with Gasteiger partial charge in [-0.2, -0.15) is 0 Å². The van der Waals surface area contributed by atoms with Crippen molar-refractivity contribution in [1.29, 1.82) is 0 Å². The van der Waals surface area contributed by atoms with Gasteiger partial charge >= 0.3 is 5.97 Å². The molecule has 0 aliphatic rings. The largest absolute Gasteiger partial charge is 0.493 e. The number of fused-ring (bicyclic) bond motifs is 3. The highest BCUT2D eigenvalue weighted by atomic mass is 32.1. The summed E-state index contributed by atoms with van der Waals surface area (Å²) in [5, 5.41) is 11.7. The third kappa shape index (κ3) is 5.77. The highest BCUT2D eigenvalue weighted by Gasteiger charge is 2.16. The maximum atomic E-state index is 11.1. The molecule has 0 spiro atoms. The molecule has 5 aromatic rings. The maximum absolute atomic E-state index is 11.1. The number of hydrogen-bond acceptors (Lipinski definition) is 5. The SMILES string of the molecule is CO[C@@H](Cc1ccc(OCCCOc2ccc(-c3cccc4c3sc3ccccc34)cc2)cc1)C(=O)O. The second-order valence-electron chi connectivity index (χ2n) is 8.77. The van der Waals surface area contributed by atoms with Gasteiger partial charge in [0.25, 0.3) is 0 Å². The van der Waals surface area contributed by atoms with Crippen molar-refractivity contribution in [2.24, 2.45) is 0 Å². The molecule has 4 aromatic carbocycles. The Kier molecular flexibility index (Phi) is 7.68. The van der Waals surface area contributed by atoms with Crippen LogP contribution in [-0.2, 0) is 16.0 Å². The zero-order valence-electron chi connectivity index (χ0n) is 20.6. The summed E-state index contributed by atoms with van der Waals surface area (Å²) in [5.41, 5.74) is 3.30. The minimum Gasteiger partial charge on any atom is -0.493 e. The lowest BCUT2D eigenvalue weighted by Crippen LogP contribution is -2.24. The Morgan fingerprint density at radius 3 is 2.14 bits per heavy atom. The summed E-state index contributed by atoms with van der Waals surface area (Å²) >= 11 is 1.84. The normalized spacial score (nSPS) is 12.0. The van der Waals surface area contributed by atoms with Crippen LogP contribution in [0.1, 0.15) is 12.0 Å². The first-order chi connectivity index (χ1) is 18.1. The fourth-order valence-electron chi connectivity index (χ4n) is 4.35. The van der Waals surface area contributed by atoms with E-state index in [2.05, 4.69) is 54.6 Å². The smallest absolute Gasteiger partial charge is 0.333 e. The van der Waals surface area contributed by atoms with Gasteiger partial charge in [0.15, 0.2) is 6.10 Å². The zero-order valence-corrected chi connectivity index (χ0v) is 21.4. The first-order valence-corrected chi connectivity index (χ1v) is 13.0. The first kappa shape index (κ1) is 24.8. The Morgan fingerprint density at radius 1 is 0.811 bits per heavy atom. The van der Waals surface area contributed by atoms with Crippen molar-refractivity contribution in [2.75, 3.05) is 20.3 Å². The van der Waals surface area contributed by atoms with Crippen molar-refractivity contribution in [1.82, 2.24) is 0 Å². The third-order valence-electron chi connectivity index (χ3n) is 6.30. The van der Waals surface area contributed by atoms with Crippen LogP contribution in [0.15, 0.2) is 91.0 Å². The average molecular weight is 513 g/mol. The molecule has 1 N–H and O–H groups in total. The summed E-state index contributed by atoms with van der Waals surface area (Å²) in [6, 6.07) is 30.7. The van der Waals surface area contributed by atoms with Crippen molar-refractivity contribution in [3.05, 3.63) is 96.6 Å². The van der Waals surface area contributed by atoms with Gasteiger partial charge in [-0.1, -0.05) is 60.7 Å². The fourth-order valence-corrected chi connectivity index (χ4v) is 5.59. The van der Waals surface area contributed by atoms with E-state index < -0.39 is 12.1 Å². The van der Waals surface area contributed by atoms with Gasteiger partial charge in [0.2, 0.25) is 0 Å². The number of rotatable bonds is 11. The summed E-state index contributed by atoms with van der Waals surface area (Å²) in [6.45, 7) is 1.08. The zero-order chi connectivity index (χ0) is 25.6. The Bertz CT molecular complexity index is 1490. The highest BCUT2D eigenvalue weighted by Crippen LogP contribution is 2.39. The Morgan fingerprint density at radius 2 is 1.46 bits per heavy atom. The molecule has 5 nitrogen and oxygen atoms in total. The molecule has 1 heterocycles. The molecule has 0 unspecified atom stereocenters. The number of carboxylic acids is 1. The number of carbonyl (C=O) groups is 1. The molecule has 0 radical (unpaired) electrons. The van der Waals surface area contributed by atoms with Crippen LogP contribution in [0, 0.1) is 0 Å². The van der Waals surface area contributed by atoms with Gasteiger partial charge in [0, 0.05) is 40.1 Å². The molecule has 0 fully saturated rings. The lowest BCUT2D eigenvalue weighted by Gasteiger charge is -2.11. The van der Waals surface area contributed by atoms with E-state index in [1.165, 1.54) is 38.4 Å². The van der Waals surface area contributed by atoms with Gasteiger partial charge in [-0.3, -0.25) is 0 Å². The molecule has 1 atom stereocenters. The molecular weight excluding hydrogens is 484 g/mol.